The van der Waals surface area contributed by atoms with Crippen molar-refractivity contribution in [1.29, 1.82) is 0 Å². The number of aryl methyl sites for hydroxylation is 1. The second kappa shape index (κ2) is 9.42. The van der Waals surface area contributed by atoms with E-state index in [1.54, 1.807) is 19.1 Å². The summed E-state index contributed by atoms with van der Waals surface area (Å²) < 4.78 is 52.0. The molecule has 2 nitrogen and oxygen atoms in total. The molecule has 0 spiro atoms. The van der Waals surface area contributed by atoms with Crippen molar-refractivity contribution in [3.05, 3.63) is 58.9 Å². The quantitative estimate of drug-likeness (QED) is 0.365. The number of alkyl halides is 3. The molecule has 0 aliphatic carbocycles. The Balaban J connectivity index is 0.000000891. The van der Waals surface area contributed by atoms with E-state index < -0.39 is 40.3 Å². The van der Waals surface area contributed by atoms with Crippen molar-refractivity contribution in [2.24, 2.45) is 4.99 Å². The maximum atomic E-state index is 13.6. The summed E-state index contributed by atoms with van der Waals surface area (Å²) in [6, 6.07) is 7.35. The summed E-state index contributed by atoms with van der Waals surface area (Å²) in [5.41, 5.74) is -1.20. The number of aromatic hydroxyl groups is 1. The van der Waals surface area contributed by atoms with Crippen LogP contribution in [0.2, 0.25) is 0 Å². The van der Waals surface area contributed by atoms with Crippen LogP contribution in [0.25, 0.3) is 0 Å². The molecule has 1 N–H and O–H groups in total. The molecule has 9 heteroatoms. The maximum absolute atomic E-state index is 13.6. The standard InChI is InChI=1S/C15H11F4NO.2ClH.Ti/c1-9-4-2-5-10(14(9)21)8-20-13-11(15(17,18)19)6-3-7-12(13)16;;;/h2-8,21H,1H3;2*1H;/q;;;+2/p-2. The number of nitrogens with zero attached hydrogens (tertiary/aromatic N) is 1. The Hall–Kier alpha value is -1.08. The summed E-state index contributed by atoms with van der Waals surface area (Å²) in [4.78, 5) is 3.56. The fraction of sp³-hybridized carbons (Fsp3) is 0.133. The van der Waals surface area contributed by atoms with Gasteiger partial charge in [-0.05, 0) is 30.7 Å². The van der Waals surface area contributed by atoms with E-state index in [0.717, 1.165) is 24.4 Å². The molecule has 0 heterocycles. The van der Waals surface area contributed by atoms with Gasteiger partial charge in [-0.1, -0.05) is 18.2 Å². The summed E-state index contributed by atoms with van der Waals surface area (Å²) in [5.74, 6) is -1.18. The molecular formula is C15H11Cl2F4NOTi. The van der Waals surface area contributed by atoms with Crippen LogP contribution >= 0.6 is 18.6 Å². The van der Waals surface area contributed by atoms with Crippen LogP contribution in [0.15, 0.2) is 41.4 Å². The van der Waals surface area contributed by atoms with Crippen LogP contribution in [0.3, 0.4) is 0 Å². The molecule has 24 heavy (non-hydrogen) atoms. The summed E-state index contributed by atoms with van der Waals surface area (Å²) in [7, 11) is 9.78. The fourth-order valence-corrected chi connectivity index (χ4v) is 1.80. The molecule has 0 saturated heterocycles. The zero-order valence-electron chi connectivity index (χ0n) is 12.2. The fourth-order valence-electron chi connectivity index (χ4n) is 1.80. The molecular weight excluding hydrogens is 405 g/mol. The van der Waals surface area contributed by atoms with Crippen molar-refractivity contribution in [1.82, 2.24) is 0 Å². The van der Waals surface area contributed by atoms with Gasteiger partial charge in [0.15, 0.2) is 0 Å². The van der Waals surface area contributed by atoms with E-state index in [1.165, 1.54) is 6.07 Å². The summed E-state index contributed by atoms with van der Waals surface area (Å²) in [5, 5.41) is 9.77. The van der Waals surface area contributed by atoms with E-state index in [2.05, 4.69) is 4.99 Å². The van der Waals surface area contributed by atoms with Crippen molar-refractivity contribution >= 4 is 30.5 Å². The monoisotopic (exact) mass is 415 g/mol. The summed E-state index contributed by atoms with van der Waals surface area (Å²) in [6.07, 6.45) is -3.70. The van der Waals surface area contributed by atoms with E-state index in [1.807, 2.05) is 0 Å². The molecule has 128 valence electrons. The van der Waals surface area contributed by atoms with Crippen LogP contribution in [-0.2, 0) is 23.2 Å². The van der Waals surface area contributed by atoms with Gasteiger partial charge in [0.25, 0.3) is 0 Å². The third-order valence-corrected chi connectivity index (χ3v) is 2.89. The average Bonchev–Trinajstić information content (AvgIpc) is 2.49. The van der Waals surface area contributed by atoms with Gasteiger partial charge in [-0.3, -0.25) is 4.99 Å². The van der Waals surface area contributed by atoms with Crippen molar-refractivity contribution in [3.8, 4) is 5.75 Å². The second-order valence-electron chi connectivity index (χ2n) is 4.48. The Labute approximate surface area is 152 Å². The third kappa shape index (κ3) is 5.78. The molecule has 0 radical (unpaired) electrons. The number of benzene rings is 2. The molecule has 0 atom stereocenters. The van der Waals surface area contributed by atoms with Crippen LogP contribution < -0.4 is 0 Å². The Morgan fingerprint density at radius 1 is 1.12 bits per heavy atom. The minimum atomic E-state index is -4.70. The number of hydrogen-bond acceptors (Lipinski definition) is 2. The molecule has 2 aromatic rings. The van der Waals surface area contributed by atoms with Gasteiger partial charge in [-0.15, -0.1) is 0 Å². The minimum absolute atomic E-state index is 0.105. The molecule has 0 amide bonds. The van der Waals surface area contributed by atoms with Crippen LogP contribution in [-0.4, -0.2) is 11.3 Å². The summed E-state index contributed by atoms with van der Waals surface area (Å²) >= 11 is -0.556. The Morgan fingerprint density at radius 3 is 2.29 bits per heavy atom. The van der Waals surface area contributed by atoms with Crippen molar-refractivity contribution in [2.45, 2.75) is 13.1 Å². The van der Waals surface area contributed by atoms with Gasteiger partial charge in [-0.25, -0.2) is 4.39 Å². The first-order chi connectivity index (χ1) is 11.2. The second-order valence-corrected chi connectivity index (χ2v) is 7.06. The molecule has 0 aliphatic rings. The molecule has 2 aromatic carbocycles. The number of halogens is 6. The van der Waals surface area contributed by atoms with Crippen LogP contribution in [0, 0.1) is 12.7 Å². The van der Waals surface area contributed by atoms with Crippen molar-refractivity contribution in [3.63, 3.8) is 0 Å². The summed E-state index contributed by atoms with van der Waals surface area (Å²) in [6.45, 7) is 1.64. The predicted molar refractivity (Wildman–Crippen MR) is 83.2 cm³/mol. The zero-order chi connectivity index (χ0) is 18.3. The van der Waals surface area contributed by atoms with Gasteiger partial charge in [0.05, 0.1) is 5.56 Å². The van der Waals surface area contributed by atoms with Crippen molar-refractivity contribution in [2.75, 3.05) is 0 Å². The number of para-hydroxylation sites is 2. The van der Waals surface area contributed by atoms with E-state index in [-0.39, 0.29) is 11.3 Å². The van der Waals surface area contributed by atoms with E-state index in [9.17, 15) is 22.7 Å². The first-order valence-corrected chi connectivity index (χ1v) is 10.7. The van der Waals surface area contributed by atoms with Gasteiger partial charge in [0.1, 0.15) is 17.3 Å². The number of phenolic OH excluding ortho intramolecular Hbond substituents is 1. The third-order valence-electron chi connectivity index (χ3n) is 2.89. The van der Waals surface area contributed by atoms with Crippen molar-refractivity contribution < 1.29 is 39.7 Å². The Bertz CT molecular complexity index is 723. The number of aliphatic imine (C=N–C) groups is 1. The van der Waals surface area contributed by atoms with E-state index in [0.29, 0.717) is 5.56 Å². The topological polar surface area (TPSA) is 32.6 Å². The van der Waals surface area contributed by atoms with E-state index in [4.69, 9.17) is 18.6 Å². The Kier molecular flexibility index (Phi) is 8.23. The van der Waals surface area contributed by atoms with Gasteiger partial charge in [0.2, 0.25) is 0 Å². The SMILES string of the molecule is Cc1cccc(C=Nc2c(F)cccc2C(F)(F)F)c1O.[Cl][Ti][Cl]. The molecule has 0 aromatic heterocycles. The van der Waals surface area contributed by atoms with Gasteiger partial charge >= 0.3 is 41.8 Å². The van der Waals surface area contributed by atoms with Crippen LogP contribution in [0.5, 0.6) is 5.75 Å². The number of rotatable bonds is 2. The number of phenols is 1. The van der Waals surface area contributed by atoms with Crippen LogP contribution in [0.4, 0.5) is 23.2 Å². The Morgan fingerprint density at radius 2 is 1.71 bits per heavy atom. The van der Waals surface area contributed by atoms with E-state index >= 15 is 0 Å². The number of hydrogen-bond donors (Lipinski definition) is 1. The first-order valence-electron chi connectivity index (χ1n) is 6.37. The predicted octanol–water partition coefficient (Wildman–Crippen LogP) is 5.99. The van der Waals surface area contributed by atoms with Gasteiger partial charge in [0, 0.05) is 11.8 Å². The zero-order valence-corrected chi connectivity index (χ0v) is 15.3. The molecule has 0 bridgehead atoms. The van der Waals surface area contributed by atoms with Gasteiger partial charge < -0.3 is 5.11 Å². The molecule has 0 aliphatic heterocycles. The normalized spacial score (nSPS) is 11.1. The first kappa shape index (κ1) is 21.0. The average molecular weight is 416 g/mol. The van der Waals surface area contributed by atoms with Crippen LogP contribution in [0.1, 0.15) is 16.7 Å². The molecule has 0 unspecified atom stereocenters. The molecule has 0 saturated carbocycles. The van der Waals surface area contributed by atoms with Gasteiger partial charge in [-0.2, -0.15) is 13.2 Å². The molecule has 2 rings (SSSR count). The molecule has 0 fully saturated rings.